The predicted molar refractivity (Wildman–Crippen MR) is 54.9 cm³/mol. The van der Waals surface area contributed by atoms with Crippen molar-refractivity contribution in [2.45, 2.75) is 45.6 Å². The standard InChI is InChI=1S/C10H18ClNO/c1-10(2)6-4-3-5-8(10)12-9(13)7-11/h8H,3-7H2,1-2H3,(H,12,13). The van der Waals surface area contributed by atoms with Gasteiger partial charge in [0.15, 0.2) is 0 Å². The van der Waals surface area contributed by atoms with Crippen molar-refractivity contribution in [3.05, 3.63) is 0 Å². The first kappa shape index (κ1) is 10.8. The molecule has 0 bridgehead atoms. The zero-order chi connectivity index (χ0) is 9.90. The third kappa shape index (κ3) is 2.87. The molecule has 1 atom stereocenters. The van der Waals surface area contributed by atoms with Crippen molar-refractivity contribution >= 4 is 17.5 Å². The van der Waals surface area contributed by atoms with Gasteiger partial charge in [-0.15, -0.1) is 11.6 Å². The maximum absolute atomic E-state index is 11.1. The highest BCUT2D eigenvalue weighted by molar-refractivity contribution is 6.27. The van der Waals surface area contributed by atoms with Crippen molar-refractivity contribution in [1.29, 1.82) is 0 Å². The maximum atomic E-state index is 11.1. The van der Waals surface area contributed by atoms with E-state index in [1.807, 2.05) is 0 Å². The predicted octanol–water partition coefficient (Wildman–Crippen LogP) is 2.31. The first-order valence-corrected chi connectivity index (χ1v) is 5.45. The second-order valence-electron chi connectivity index (χ2n) is 4.49. The van der Waals surface area contributed by atoms with Gasteiger partial charge in [0, 0.05) is 6.04 Å². The van der Waals surface area contributed by atoms with Crippen LogP contribution in [0.25, 0.3) is 0 Å². The van der Waals surface area contributed by atoms with Gasteiger partial charge in [-0.05, 0) is 18.3 Å². The Bertz CT molecular complexity index is 191. The molecule has 0 aromatic carbocycles. The van der Waals surface area contributed by atoms with Gasteiger partial charge in [-0.25, -0.2) is 0 Å². The van der Waals surface area contributed by atoms with Crippen LogP contribution >= 0.6 is 11.6 Å². The zero-order valence-electron chi connectivity index (χ0n) is 8.40. The summed E-state index contributed by atoms with van der Waals surface area (Å²) >= 11 is 5.45. The Morgan fingerprint density at radius 3 is 2.77 bits per heavy atom. The van der Waals surface area contributed by atoms with Crippen LogP contribution in [0.3, 0.4) is 0 Å². The van der Waals surface area contributed by atoms with Gasteiger partial charge in [0.25, 0.3) is 0 Å². The molecule has 1 N–H and O–H groups in total. The normalized spacial score (nSPS) is 26.8. The maximum Gasteiger partial charge on any atom is 0.235 e. The number of alkyl halides is 1. The molecule has 1 rings (SSSR count). The van der Waals surface area contributed by atoms with Crippen molar-refractivity contribution < 1.29 is 4.79 Å². The summed E-state index contributed by atoms with van der Waals surface area (Å²) in [5, 5.41) is 2.99. The average molecular weight is 204 g/mol. The molecule has 1 aliphatic rings. The fourth-order valence-corrected chi connectivity index (χ4v) is 2.07. The lowest BCUT2D eigenvalue weighted by atomic mass is 9.73. The second-order valence-corrected chi connectivity index (χ2v) is 4.76. The fraction of sp³-hybridized carbons (Fsp3) is 0.900. The van der Waals surface area contributed by atoms with Gasteiger partial charge in [0.1, 0.15) is 5.88 Å². The summed E-state index contributed by atoms with van der Waals surface area (Å²) in [6.45, 7) is 4.43. The number of amides is 1. The first-order valence-electron chi connectivity index (χ1n) is 4.91. The molecule has 0 aromatic heterocycles. The molecule has 0 heterocycles. The lowest BCUT2D eigenvalue weighted by Crippen LogP contribution is -2.47. The van der Waals surface area contributed by atoms with Gasteiger partial charge in [0.2, 0.25) is 5.91 Å². The quantitative estimate of drug-likeness (QED) is 0.686. The summed E-state index contributed by atoms with van der Waals surface area (Å²) in [6.07, 6.45) is 4.78. The summed E-state index contributed by atoms with van der Waals surface area (Å²) in [7, 11) is 0. The SMILES string of the molecule is CC1(C)CCCCC1NC(=O)CCl. The minimum absolute atomic E-state index is 0.0401. The Balaban J connectivity index is 2.51. The highest BCUT2D eigenvalue weighted by Crippen LogP contribution is 2.35. The molecule has 13 heavy (non-hydrogen) atoms. The monoisotopic (exact) mass is 203 g/mol. The highest BCUT2D eigenvalue weighted by atomic mass is 35.5. The number of rotatable bonds is 2. The Kier molecular flexibility index (Phi) is 3.60. The van der Waals surface area contributed by atoms with Crippen LogP contribution in [-0.2, 0) is 4.79 Å². The van der Waals surface area contributed by atoms with E-state index in [0.29, 0.717) is 6.04 Å². The molecular formula is C10H18ClNO. The lowest BCUT2D eigenvalue weighted by Gasteiger charge is -2.38. The molecule has 1 amide bonds. The molecule has 1 saturated carbocycles. The van der Waals surface area contributed by atoms with Crippen LogP contribution in [0.4, 0.5) is 0 Å². The smallest absolute Gasteiger partial charge is 0.235 e. The number of nitrogens with one attached hydrogen (secondary N) is 1. The number of carbonyl (C=O) groups is 1. The van der Waals surface area contributed by atoms with Gasteiger partial charge in [-0.1, -0.05) is 26.7 Å². The van der Waals surface area contributed by atoms with E-state index >= 15 is 0 Å². The van der Waals surface area contributed by atoms with Crippen LogP contribution in [0.2, 0.25) is 0 Å². The van der Waals surface area contributed by atoms with Gasteiger partial charge in [-0.2, -0.15) is 0 Å². The molecule has 1 fully saturated rings. The first-order chi connectivity index (χ1) is 6.06. The Morgan fingerprint density at radius 2 is 2.23 bits per heavy atom. The van der Waals surface area contributed by atoms with E-state index in [1.54, 1.807) is 0 Å². The Hall–Kier alpha value is -0.240. The van der Waals surface area contributed by atoms with E-state index < -0.39 is 0 Å². The molecule has 0 spiro atoms. The Labute approximate surface area is 85.0 Å². The number of carbonyl (C=O) groups excluding carboxylic acids is 1. The van der Waals surface area contributed by atoms with Crippen molar-refractivity contribution in [3.8, 4) is 0 Å². The second kappa shape index (κ2) is 4.32. The summed E-state index contributed by atoms with van der Waals surface area (Å²) in [5.74, 6) is 0.0358. The molecule has 0 aliphatic heterocycles. The molecule has 0 radical (unpaired) electrons. The van der Waals surface area contributed by atoms with Crippen molar-refractivity contribution in [1.82, 2.24) is 5.32 Å². The van der Waals surface area contributed by atoms with Gasteiger partial charge >= 0.3 is 0 Å². The van der Waals surface area contributed by atoms with Crippen LogP contribution in [0, 0.1) is 5.41 Å². The summed E-state index contributed by atoms with van der Waals surface area (Å²) in [5.41, 5.74) is 0.236. The highest BCUT2D eigenvalue weighted by Gasteiger charge is 2.32. The Morgan fingerprint density at radius 1 is 1.54 bits per heavy atom. The largest absolute Gasteiger partial charge is 0.352 e. The minimum atomic E-state index is -0.0401. The molecule has 1 aliphatic carbocycles. The third-order valence-corrected chi connectivity index (χ3v) is 3.21. The van der Waals surface area contributed by atoms with E-state index in [4.69, 9.17) is 11.6 Å². The van der Waals surface area contributed by atoms with E-state index in [2.05, 4.69) is 19.2 Å². The summed E-state index contributed by atoms with van der Waals surface area (Å²) < 4.78 is 0. The van der Waals surface area contributed by atoms with Crippen molar-refractivity contribution in [3.63, 3.8) is 0 Å². The van der Waals surface area contributed by atoms with Crippen LogP contribution in [-0.4, -0.2) is 17.8 Å². The fourth-order valence-electron chi connectivity index (χ4n) is 1.99. The van der Waals surface area contributed by atoms with Gasteiger partial charge in [0.05, 0.1) is 0 Å². The number of hydrogen-bond donors (Lipinski definition) is 1. The lowest BCUT2D eigenvalue weighted by molar-refractivity contribution is -0.120. The van der Waals surface area contributed by atoms with E-state index in [0.717, 1.165) is 6.42 Å². The van der Waals surface area contributed by atoms with E-state index in [-0.39, 0.29) is 17.2 Å². The van der Waals surface area contributed by atoms with Crippen molar-refractivity contribution in [2.75, 3.05) is 5.88 Å². The average Bonchev–Trinajstić information content (AvgIpc) is 2.08. The molecule has 2 nitrogen and oxygen atoms in total. The van der Waals surface area contributed by atoms with Crippen LogP contribution < -0.4 is 5.32 Å². The van der Waals surface area contributed by atoms with E-state index in [1.165, 1.54) is 19.3 Å². The number of hydrogen-bond acceptors (Lipinski definition) is 1. The van der Waals surface area contributed by atoms with Gasteiger partial charge < -0.3 is 5.32 Å². The van der Waals surface area contributed by atoms with Crippen molar-refractivity contribution in [2.24, 2.45) is 5.41 Å². The summed E-state index contributed by atoms with van der Waals surface area (Å²) in [4.78, 5) is 11.1. The zero-order valence-corrected chi connectivity index (χ0v) is 9.16. The van der Waals surface area contributed by atoms with Crippen LogP contribution in [0.1, 0.15) is 39.5 Å². The summed E-state index contributed by atoms with van der Waals surface area (Å²) in [6, 6.07) is 0.312. The molecular weight excluding hydrogens is 186 g/mol. The molecule has 76 valence electrons. The van der Waals surface area contributed by atoms with Crippen LogP contribution in [0.15, 0.2) is 0 Å². The van der Waals surface area contributed by atoms with Gasteiger partial charge in [-0.3, -0.25) is 4.79 Å². The topological polar surface area (TPSA) is 29.1 Å². The minimum Gasteiger partial charge on any atom is -0.352 e. The molecule has 3 heteroatoms. The molecule has 1 unspecified atom stereocenters. The molecule has 0 saturated heterocycles. The van der Waals surface area contributed by atoms with Crippen LogP contribution in [0.5, 0.6) is 0 Å². The molecule has 0 aromatic rings. The van der Waals surface area contributed by atoms with E-state index in [9.17, 15) is 4.79 Å². The number of halogens is 1. The third-order valence-electron chi connectivity index (χ3n) is 2.96.